The van der Waals surface area contributed by atoms with E-state index in [2.05, 4.69) is 20.5 Å². The van der Waals surface area contributed by atoms with Crippen molar-refractivity contribution in [3.8, 4) is 5.75 Å². The maximum atomic E-state index is 13.8. The van der Waals surface area contributed by atoms with E-state index in [-0.39, 0.29) is 42.2 Å². The summed E-state index contributed by atoms with van der Waals surface area (Å²) in [6.07, 6.45) is 2.87. The summed E-state index contributed by atoms with van der Waals surface area (Å²) in [6.45, 7) is 0.0286. The second-order valence-corrected chi connectivity index (χ2v) is 6.55. The summed E-state index contributed by atoms with van der Waals surface area (Å²) in [6, 6.07) is 13.7. The molecule has 0 atom stereocenters. The minimum Gasteiger partial charge on any atom is -0.464 e. The van der Waals surface area contributed by atoms with Crippen LogP contribution in [0.15, 0.2) is 67.1 Å². The second kappa shape index (κ2) is 9.04. The van der Waals surface area contributed by atoms with Crippen LogP contribution >= 0.6 is 0 Å². The molecule has 0 saturated carbocycles. The molecule has 0 aliphatic heterocycles. The number of nitro benzene ring substituents is 1. The van der Waals surface area contributed by atoms with Crippen LogP contribution < -0.4 is 10.1 Å². The molecule has 0 fully saturated rings. The second-order valence-electron chi connectivity index (χ2n) is 6.55. The van der Waals surface area contributed by atoms with Crippen LogP contribution in [0.25, 0.3) is 0 Å². The number of hydrogen-bond donors (Lipinski definition) is 1. The van der Waals surface area contributed by atoms with Crippen LogP contribution in [0.2, 0.25) is 0 Å². The summed E-state index contributed by atoms with van der Waals surface area (Å²) in [4.78, 5) is 26.9. The van der Waals surface area contributed by atoms with Crippen molar-refractivity contribution in [3.63, 3.8) is 0 Å². The molecule has 1 N–H and O–H groups in total. The summed E-state index contributed by atoms with van der Waals surface area (Å²) >= 11 is 0. The zero-order valence-corrected chi connectivity index (χ0v) is 16.5. The molecule has 4 aromatic rings. The molecule has 1 amide bonds. The molecule has 2 aromatic carbocycles. The number of halogens is 1. The van der Waals surface area contributed by atoms with Crippen molar-refractivity contribution < 1.29 is 18.8 Å². The largest absolute Gasteiger partial charge is 0.464 e. The minimum atomic E-state index is -0.557. The van der Waals surface area contributed by atoms with Gasteiger partial charge < -0.3 is 4.74 Å². The number of anilines is 1. The van der Waals surface area contributed by atoms with Gasteiger partial charge in [-0.15, -0.1) is 5.10 Å². The number of nitrogens with one attached hydrogen (secondary N) is 1. The Balaban J connectivity index is 1.36. The van der Waals surface area contributed by atoms with Gasteiger partial charge >= 0.3 is 5.69 Å². The molecule has 0 saturated heterocycles. The summed E-state index contributed by atoms with van der Waals surface area (Å²) in [5.41, 5.74) is 0.337. The van der Waals surface area contributed by atoms with Gasteiger partial charge in [0, 0.05) is 17.8 Å². The normalized spacial score (nSPS) is 10.7. The standard InChI is InChI=1S/C20H16FN7O4/c21-15-6-2-1-5-14(15)11-27-12-22-20(25-27)23-19(29)16-9-10-26(24-16)13-32-18-8-4-3-7-17(18)28(30)31/h1-10,12H,11,13H2,(H,23,25,29). The fourth-order valence-corrected chi connectivity index (χ4v) is 2.82. The first-order valence-corrected chi connectivity index (χ1v) is 9.33. The molecular formula is C20H16FN7O4. The highest BCUT2D eigenvalue weighted by atomic mass is 19.1. The molecule has 4 rings (SSSR count). The maximum Gasteiger partial charge on any atom is 0.311 e. The van der Waals surface area contributed by atoms with Crippen molar-refractivity contribution in [2.24, 2.45) is 0 Å². The number of rotatable bonds is 8. The molecule has 0 unspecified atom stereocenters. The molecule has 2 aromatic heterocycles. The Labute approximate surface area is 180 Å². The van der Waals surface area contributed by atoms with E-state index in [0.717, 1.165) is 0 Å². The first-order chi connectivity index (χ1) is 15.5. The highest BCUT2D eigenvalue weighted by molar-refractivity contribution is 6.01. The highest BCUT2D eigenvalue weighted by Crippen LogP contribution is 2.26. The number of nitro groups is 1. The molecule has 0 radical (unpaired) electrons. The Kier molecular flexibility index (Phi) is 5.83. The van der Waals surface area contributed by atoms with Crippen molar-refractivity contribution in [1.29, 1.82) is 0 Å². The Morgan fingerprint density at radius 2 is 1.88 bits per heavy atom. The average molecular weight is 437 g/mol. The predicted molar refractivity (Wildman–Crippen MR) is 109 cm³/mol. The topological polar surface area (TPSA) is 130 Å². The van der Waals surface area contributed by atoms with Gasteiger partial charge in [0.1, 0.15) is 12.1 Å². The van der Waals surface area contributed by atoms with Gasteiger partial charge in [-0.25, -0.2) is 18.7 Å². The predicted octanol–water partition coefficient (Wildman–Crippen LogP) is 2.86. The number of carbonyl (C=O) groups excluding carboxylic acids is 1. The average Bonchev–Trinajstić information content (AvgIpc) is 3.44. The highest BCUT2D eigenvalue weighted by Gasteiger charge is 2.15. The van der Waals surface area contributed by atoms with Gasteiger partial charge in [-0.05, 0) is 18.2 Å². The summed E-state index contributed by atoms with van der Waals surface area (Å²) in [5, 5.41) is 21.7. The molecule has 162 valence electrons. The molecule has 11 nitrogen and oxygen atoms in total. The van der Waals surface area contributed by atoms with E-state index < -0.39 is 10.8 Å². The van der Waals surface area contributed by atoms with E-state index in [1.165, 1.54) is 52.2 Å². The number of hydrogen-bond acceptors (Lipinski definition) is 7. The van der Waals surface area contributed by atoms with Crippen LogP contribution in [0, 0.1) is 15.9 Å². The summed E-state index contributed by atoms with van der Waals surface area (Å²) in [7, 11) is 0. The lowest BCUT2D eigenvalue weighted by molar-refractivity contribution is -0.386. The third-order valence-electron chi connectivity index (χ3n) is 4.34. The fourth-order valence-electron chi connectivity index (χ4n) is 2.82. The smallest absolute Gasteiger partial charge is 0.311 e. The zero-order valence-electron chi connectivity index (χ0n) is 16.5. The van der Waals surface area contributed by atoms with Gasteiger partial charge in [-0.2, -0.15) is 5.10 Å². The third kappa shape index (κ3) is 4.75. The molecule has 2 heterocycles. The maximum absolute atomic E-state index is 13.8. The molecule has 0 aliphatic carbocycles. The lowest BCUT2D eigenvalue weighted by atomic mass is 10.2. The van der Waals surface area contributed by atoms with Crippen LogP contribution in [-0.2, 0) is 13.3 Å². The Morgan fingerprint density at radius 1 is 1.09 bits per heavy atom. The molecule has 12 heteroatoms. The van der Waals surface area contributed by atoms with Gasteiger partial charge in [-0.1, -0.05) is 30.3 Å². The third-order valence-corrected chi connectivity index (χ3v) is 4.34. The van der Waals surface area contributed by atoms with E-state index in [4.69, 9.17) is 4.74 Å². The SMILES string of the molecule is O=C(Nc1ncn(Cc2ccccc2F)n1)c1ccn(COc2ccccc2[N+](=O)[O-])n1. The molecule has 32 heavy (non-hydrogen) atoms. The number of para-hydroxylation sites is 2. The Bertz CT molecular complexity index is 1270. The first-order valence-electron chi connectivity index (χ1n) is 9.33. The van der Waals surface area contributed by atoms with Gasteiger partial charge in [0.25, 0.3) is 5.91 Å². The lowest BCUT2D eigenvalue weighted by Crippen LogP contribution is -2.15. The van der Waals surface area contributed by atoms with Crippen LogP contribution in [0.3, 0.4) is 0 Å². The first kappa shape index (κ1) is 20.7. The molecule has 0 bridgehead atoms. The summed E-state index contributed by atoms with van der Waals surface area (Å²) < 4.78 is 21.9. The van der Waals surface area contributed by atoms with Crippen molar-refractivity contribution in [1.82, 2.24) is 24.5 Å². The van der Waals surface area contributed by atoms with Gasteiger partial charge in [0.05, 0.1) is 11.5 Å². The molecule has 0 aliphatic rings. The number of benzene rings is 2. The van der Waals surface area contributed by atoms with Crippen LogP contribution in [0.4, 0.5) is 16.0 Å². The monoisotopic (exact) mass is 437 g/mol. The number of carbonyl (C=O) groups is 1. The van der Waals surface area contributed by atoms with Crippen molar-refractivity contribution in [2.75, 3.05) is 5.32 Å². The van der Waals surface area contributed by atoms with E-state index >= 15 is 0 Å². The Hall–Kier alpha value is -4.61. The van der Waals surface area contributed by atoms with E-state index in [9.17, 15) is 19.3 Å². The van der Waals surface area contributed by atoms with Crippen LogP contribution in [-0.4, -0.2) is 35.4 Å². The zero-order chi connectivity index (χ0) is 22.5. The number of ether oxygens (including phenoxy) is 1. The Morgan fingerprint density at radius 3 is 2.69 bits per heavy atom. The van der Waals surface area contributed by atoms with Gasteiger partial charge in [-0.3, -0.25) is 20.2 Å². The fraction of sp³-hybridized carbons (Fsp3) is 0.100. The van der Waals surface area contributed by atoms with Crippen molar-refractivity contribution in [3.05, 3.63) is 94.3 Å². The van der Waals surface area contributed by atoms with Crippen molar-refractivity contribution >= 4 is 17.5 Å². The van der Waals surface area contributed by atoms with Crippen molar-refractivity contribution in [2.45, 2.75) is 13.3 Å². The van der Waals surface area contributed by atoms with E-state index in [1.54, 1.807) is 24.3 Å². The van der Waals surface area contributed by atoms with E-state index in [1.807, 2.05) is 0 Å². The lowest BCUT2D eigenvalue weighted by Gasteiger charge is -2.06. The molecular weight excluding hydrogens is 421 g/mol. The number of aromatic nitrogens is 5. The quantitative estimate of drug-likeness (QED) is 0.331. The summed E-state index contributed by atoms with van der Waals surface area (Å²) in [5.74, 6) is -0.791. The number of nitrogens with zero attached hydrogens (tertiary/aromatic N) is 6. The van der Waals surface area contributed by atoms with Gasteiger partial charge in [0.2, 0.25) is 5.95 Å². The van der Waals surface area contributed by atoms with Crippen LogP contribution in [0.5, 0.6) is 5.75 Å². The molecule has 0 spiro atoms. The minimum absolute atomic E-state index is 0.0389. The van der Waals surface area contributed by atoms with E-state index in [0.29, 0.717) is 5.56 Å². The van der Waals surface area contributed by atoms with Crippen LogP contribution in [0.1, 0.15) is 16.1 Å². The van der Waals surface area contributed by atoms with Gasteiger partial charge in [0.15, 0.2) is 18.2 Å². The number of amides is 1.